The van der Waals surface area contributed by atoms with E-state index in [4.69, 9.17) is 0 Å². The Morgan fingerprint density at radius 1 is 1.47 bits per heavy atom. The molecule has 0 aromatic heterocycles. The van der Waals surface area contributed by atoms with E-state index in [0.717, 1.165) is 32.4 Å². The highest BCUT2D eigenvalue weighted by Crippen LogP contribution is 2.14. The Balaban J connectivity index is 2.43. The molecule has 2 N–H and O–H groups in total. The van der Waals surface area contributed by atoms with Crippen molar-refractivity contribution in [1.29, 1.82) is 0 Å². The van der Waals surface area contributed by atoms with E-state index in [-0.39, 0.29) is 0 Å². The fourth-order valence-electron chi connectivity index (χ4n) is 2.22. The Morgan fingerprint density at radius 2 is 2.21 bits per heavy atom. The van der Waals surface area contributed by atoms with E-state index in [1.54, 1.807) is 0 Å². The van der Waals surface area contributed by atoms with Gasteiger partial charge >= 0.3 is 12.2 Å². The summed E-state index contributed by atoms with van der Waals surface area (Å²) in [6.07, 6.45) is -1.56. The van der Waals surface area contributed by atoms with Crippen molar-refractivity contribution in [2.24, 2.45) is 5.92 Å². The summed E-state index contributed by atoms with van der Waals surface area (Å²) in [5, 5.41) is 5.18. The van der Waals surface area contributed by atoms with Crippen LogP contribution in [0.15, 0.2) is 0 Å². The van der Waals surface area contributed by atoms with Crippen molar-refractivity contribution >= 4 is 6.03 Å². The zero-order valence-electron chi connectivity index (χ0n) is 11.2. The lowest BCUT2D eigenvalue weighted by Gasteiger charge is -2.30. The molecule has 1 fully saturated rings. The maximum absolute atomic E-state index is 12.1. The predicted molar refractivity (Wildman–Crippen MR) is 66.9 cm³/mol. The van der Waals surface area contributed by atoms with Gasteiger partial charge in [0.2, 0.25) is 0 Å². The lowest BCUT2D eigenvalue weighted by molar-refractivity contribution is -0.123. The second-order valence-corrected chi connectivity index (χ2v) is 4.93. The number of amides is 2. The van der Waals surface area contributed by atoms with Crippen LogP contribution in [0.3, 0.4) is 0 Å². The zero-order valence-corrected chi connectivity index (χ0v) is 11.2. The lowest BCUT2D eigenvalue weighted by Crippen LogP contribution is -2.47. The molecule has 0 aromatic rings. The number of carbonyl (C=O) groups excluding carboxylic acids is 1. The number of rotatable bonds is 5. The minimum atomic E-state index is -4.36. The molecule has 0 bridgehead atoms. The molecule has 1 unspecified atom stereocenters. The first-order valence-electron chi connectivity index (χ1n) is 6.72. The van der Waals surface area contributed by atoms with Crippen LogP contribution < -0.4 is 10.6 Å². The van der Waals surface area contributed by atoms with Gasteiger partial charge in [-0.25, -0.2) is 4.79 Å². The molecule has 1 saturated heterocycles. The van der Waals surface area contributed by atoms with E-state index >= 15 is 0 Å². The molecule has 1 aliphatic heterocycles. The number of nitrogens with one attached hydrogen (secondary N) is 2. The maximum Gasteiger partial charge on any atom is 0.405 e. The fraction of sp³-hybridized carbons (Fsp3) is 0.917. The van der Waals surface area contributed by atoms with Crippen molar-refractivity contribution in [2.75, 3.05) is 32.7 Å². The molecule has 2 amide bonds. The van der Waals surface area contributed by atoms with Crippen LogP contribution >= 0.6 is 0 Å². The Kier molecular flexibility index (Phi) is 6.41. The largest absolute Gasteiger partial charge is 0.405 e. The number of urea groups is 1. The maximum atomic E-state index is 12.1. The van der Waals surface area contributed by atoms with E-state index in [0.29, 0.717) is 19.0 Å². The van der Waals surface area contributed by atoms with E-state index in [9.17, 15) is 18.0 Å². The standard InChI is InChI=1S/C12H22F3N3O/c1-2-6-18(8-10-4-3-5-16-7-10)11(19)17-9-12(13,14)15/h10,16H,2-9H2,1H3,(H,17,19). The van der Waals surface area contributed by atoms with Gasteiger partial charge in [0.25, 0.3) is 0 Å². The molecular formula is C12H22F3N3O. The normalized spacial score (nSPS) is 20.1. The highest BCUT2D eigenvalue weighted by atomic mass is 19.4. The van der Waals surface area contributed by atoms with E-state index in [1.807, 2.05) is 12.2 Å². The average Bonchev–Trinajstić information content (AvgIpc) is 2.36. The Morgan fingerprint density at radius 3 is 2.74 bits per heavy atom. The summed E-state index contributed by atoms with van der Waals surface area (Å²) in [7, 11) is 0. The van der Waals surface area contributed by atoms with Crippen molar-refractivity contribution in [2.45, 2.75) is 32.4 Å². The van der Waals surface area contributed by atoms with Crippen molar-refractivity contribution in [3.05, 3.63) is 0 Å². The van der Waals surface area contributed by atoms with Crippen LogP contribution in [0.4, 0.5) is 18.0 Å². The second kappa shape index (κ2) is 7.57. The van der Waals surface area contributed by atoms with Crippen LogP contribution in [0.2, 0.25) is 0 Å². The quantitative estimate of drug-likeness (QED) is 0.809. The molecule has 1 atom stereocenters. The number of nitrogens with zero attached hydrogens (tertiary/aromatic N) is 1. The first-order valence-corrected chi connectivity index (χ1v) is 6.72. The van der Waals surface area contributed by atoms with Crippen LogP contribution in [0, 0.1) is 5.92 Å². The molecule has 1 rings (SSSR count). The van der Waals surface area contributed by atoms with Gasteiger partial charge in [-0.3, -0.25) is 0 Å². The minimum Gasteiger partial charge on any atom is -0.329 e. The first kappa shape index (κ1) is 16.1. The van der Waals surface area contributed by atoms with Crippen molar-refractivity contribution < 1.29 is 18.0 Å². The smallest absolute Gasteiger partial charge is 0.329 e. The Labute approximate surface area is 111 Å². The van der Waals surface area contributed by atoms with Gasteiger partial charge in [0.1, 0.15) is 6.54 Å². The molecule has 7 heteroatoms. The molecule has 0 aliphatic carbocycles. The third-order valence-electron chi connectivity index (χ3n) is 3.10. The number of carbonyl (C=O) groups is 1. The summed E-state index contributed by atoms with van der Waals surface area (Å²) >= 11 is 0. The fourth-order valence-corrected chi connectivity index (χ4v) is 2.22. The third-order valence-corrected chi connectivity index (χ3v) is 3.10. The van der Waals surface area contributed by atoms with Crippen molar-refractivity contribution in [1.82, 2.24) is 15.5 Å². The first-order chi connectivity index (χ1) is 8.92. The summed E-state index contributed by atoms with van der Waals surface area (Å²) in [5.41, 5.74) is 0. The predicted octanol–water partition coefficient (Wildman–Crippen LogP) is 1.97. The van der Waals surface area contributed by atoms with Gasteiger partial charge < -0.3 is 15.5 Å². The van der Waals surface area contributed by atoms with Gasteiger partial charge in [-0.05, 0) is 38.3 Å². The zero-order chi connectivity index (χ0) is 14.3. The third kappa shape index (κ3) is 6.66. The van der Waals surface area contributed by atoms with Crippen LogP contribution in [-0.4, -0.2) is 49.8 Å². The molecule has 4 nitrogen and oxygen atoms in total. The monoisotopic (exact) mass is 281 g/mol. The van der Waals surface area contributed by atoms with Gasteiger partial charge in [-0.1, -0.05) is 6.92 Å². The summed E-state index contributed by atoms with van der Waals surface area (Å²) in [6, 6.07) is -0.621. The second-order valence-electron chi connectivity index (χ2n) is 4.93. The molecule has 1 aliphatic rings. The van der Waals surface area contributed by atoms with Gasteiger partial charge in [0, 0.05) is 13.1 Å². The summed E-state index contributed by atoms with van der Waals surface area (Å²) in [4.78, 5) is 13.2. The number of halogens is 3. The Hall–Kier alpha value is -0.980. The number of alkyl halides is 3. The highest BCUT2D eigenvalue weighted by Gasteiger charge is 2.29. The van der Waals surface area contributed by atoms with Gasteiger partial charge in [-0.15, -0.1) is 0 Å². The summed E-state index contributed by atoms with van der Waals surface area (Å²) in [5.74, 6) is 0.330. The molecule has 0 saturated carbocycles. The minimum absolute atomic E-state index is 0.330. The van der Waals surface area contributed by atoms with Crippen LogP contribution in [-0.2, 0) is 0 Å². The van der Waals surface area contributed by atoms with Crippen LogP contribution in [0.25, 0.3) is 0 Å². The van der Waals surface area contributed by atoms with E-state index in [2.05, 4.69) is 5.32 Å². The molecule has 19 heavy (non-hydrogen) atoms. The van der Waals surface area contributed by atoms with Crippen LogP contribution in [0.1, 0.15) is 26.2 Å². The SMILES string of the molecule is CCCN(CC1CCCNC1)C(=O)NCC(F)(F)F. The van der Waals surface area contributed by atoms with E-state index in [1.165, 1.54) is 4.90 Å². The summed E-state index contributed by atoms with van der Waals surface area (Å²) < 4.78 is 36.2. The molecule has 0 radical (unpaired) electrons. The number of hydrogen-bond donors (Lipinski definition) is 2. The molecular weight excluding hydrogens is 259 g/mol. The van der Waals surface area contributed by atoms with Crippen LogP contribution in [0.5, 0.6) is 0 Å². The van der Waals surface area contributed by atoms with Crippen molar-refractivity contribution in [3.8, 4) is 0 Å². The Bertz CT molecular complexity index is 278. The molecule has 112 valence electrons. The highest BCUT2D eigenvalue weighted by molar-refractivity contribution is 5.74. The van der Waals surface area contributed by atoms with Gasteiger partial charge in [0.05, 0.1) is 0 Å². The topological polar surface area (TPSA) is 44.4 Å². The lowest BCUT2D eigenvalue weighted by atomic mass is 9.99. The molecule has 1 heterocycles. The van der Waals surface area contributed by atoms with Crippen molar-refractivity contribution in [3.63, 3.8) is 0 Å². The van der Waals surface area contributed by atoms with Gasteiger partial charge in [0.15, 0.2) is 0 Å². The summed E-state index contributed by atoms with van der Waals surface area (Å²) in [6.45, 7) is 3.44. The molecule has 0 aromatic carbocycles. The van der Waals surface area contributed by atoms with Gasteiger partial charge in [-0.2, -0.15) is 13.2 Å². The average molecular weight is 281 g/mol. The van der Waals surface area contributed by atoms with E-state index < -0.39 is 18.8 Å². The number of piperidine rings is 1. The molecule has 0 spiro atoms. The number of hydrogen-bond acceptors (Lipinski definition) is 2.